The van der Waals surface area contributed by atoms with E-state index < -0.39 is 10.9 Å². The average Bonchev–Trinajstić information content (AvgIpc) is 2.55. The van der Waals surface area contributed by atoms with Gasteiger partial charge in [-0.3, -0.25) is 14.9 Å². The summed E-state index contributed by atoms with van der Waals surface area (Å²) in [5, 5.41) is 10.6. The Hall–Kier alpha value is -3.28. The number of hydrogen-bond acceptors (Lipinski definition) is 5. The van der Waals surface area contributed by atoms with E-state index in [1.165, 1.54) is 55.5 Å². The lowest BCUT2D eigenvalue weighted by atomic mass is 10.0. The van der Waals surface area contributed by atoms with Gasteiger partial charge in [-0.2, -0.15) is 0 Å². The van der Waals surface area contributed by atoms with Gasteiger partial charge in [0.1, 0.15) is 5.75 Å². The normalized spacial score (nSPS) is 9.96. The first-order valence-corrected chi connectivity index (χ1v) is 6.65. The van der Waals surface area contributed by atoms with Crippen molar-refractivity contribution in [2.75, 3.05) is 0 Å². The maximum atomic E-state index is 12.3. The molecule has 0 spiro atoms. The monoisotopic (exact) mass is 311 g/mol. The van der Waals surface area contributed by atoms with Crippen LogP contribution in [0.2, 0.25) is 0 Å². The minimum atomic E-state index is -0.542. The van der Waals surface area contributed by atoms with Gasteiger partial charge in [-0.15, -0.1) is 0 Å². The van der Waals surface area contributed by atoms with E-state index in [4.69, 9.17) is 4.74 Å². The number of nitro groups is 1. The number of carbonyl (C=O) groups is 2. The largest absolute Gasteiger partial charge is 0.423 e. The van der Waals surface area contributed by atoms with Gasteiger partial charge in [0.15, 0.2) is 5.78 Å². The van der Waals surface area contributed by atoms with Crippen molar-refractivity contribution in [1.82, 2.24) is 0 Å². The van der Waals surface area contributed by atoms with Crippen molar-refractivity contribution in [1.29, 1.82) is 0 Å². The van der Waals surface area contributed by atoms with E-state index in [1.54, 1.807) is 0 Å². The zero-order chi connectivity index (χ0) is 17.0. The fourth-order valence-corrected chi connectivity index (χ4v) is 1.77. The standard InChI is InChI=1S/C17H13NO5/c1-11(2)17(20)23-15-9-5-13(6-10-15)16(19)12-3-7-14(8-4-12)18(21)22/h3-10H,1H2,2H3. The SMILES string of the molecule is C=C(C)C(=O)Oc1ccc(C(=O)c2ccc([N+](=O)[O-])cc2)cc1. The first-order chi connectivity index (χ1) is 10.9. The van der Waals surface area contributed by atoms with Crippen LogP contribution in [-0.2, 0) is 4.79 Å². The minimum Gasteiger partial charge on any atom is -0.423 e. The fourth-order valence-electron chi connectivity index (χ4n) is 1.77. The minimum absolute atomic E-state index is 0.0800. The number of rotatable bonds is 5. The lowest BCUT2D eigenvalue weighted by Gasteiger charge is -2.05. The average molecular weight is 311 g/mol. The lowest BCUT2D eigenvalue weighted by molar-refractivity contribution is -0.384. The molecule has 0 amide bonds. The van der Waals surface area contributed by atoms with Crippen LogP contribution in [0.25, 0.3) is 0 Å². The molecule has 0 radical (unpaired) electrons. The number of hydrogen-bond donors (Lipinski definition) is 0. The molecule has 2 rings (SSSR count). The highest BCUT2D eigenvalue weighted by Crippen LogP contribution is 2.18. The van der Waals surface area contributed by atoms with Gasteiger partial charge >= 0.3 is 5.97 Å². The molecule has 0 saturated heterocycles. The molecule has 0 aliphatic carbocycles. The predicted molar refractivity (Wildman–Crippen MR) is 83.4 cm³/mol. The van der Waals surface area contributed by atoms with E-state index in [-0.39, 0.29) is 17.0 Å². The predicted octanol–water partition coefficient (Wildman–Crippen LogP) is 3.31. The smallest absolute Gasteiger partial charge is 0.338 e. The van der Waals surface area contributed by atoms with Gasteiger partial charge in [-0.05, 0) is 43.3 Å². The summed E-state index contributed by atoms with van der Waals surface area (Å²) in [7, 11) is 0. The van der Waals surface area contributed by atoms with Gasteiger partial charge in [0.25, 0.3) is 5.69 Å². The zero-order valence-electron chi connectivity index (χ0n) is 12.3. The van der Waals surface area contributed by atoms with Crippen molar-refractivity contribution in [3.63, 3.8) is 0 Å². The highest BCUT2D eigenvalue weighted by atomic mass is 16.6. The molecule has 0 fully saturated rings. The van der Waals surface area contributed by atoms with Crippen LogP contribution < -0.4 is 4.74 Å². The van der Waals surface area contributed by atoms with E-state index >= 15 is 0 Å². The van der Waals surface area contributed by atoms with Crippen molar-refractivity contribution in [2.24, 2.45) is 0 Å². The van der Waals surface area contributed by atoms with Crippen LogP contribution in [0.3, 0.4) is 0 Å². The molecule has 0 atom stereocenters. The number of esters is 1. The Kier molecular flexibility index (Phi) is 4.66. The molecular weight excluding hydrogens is 298 g/mol. The maximum Gasteiger partial charge on any atom is 0.338 e. The van der Waals surface area contributed by atoms with Crippen LogP contribution >= 0.6 is 0 Å². The number of nitro benzene ring substituents is 1. The quantitative estimate of drug-likeness (QED) is 0.211. The molecule has 6 nitrogen and oxygen atoms in total. The summed E-state index contributed by atoms with van der Waals surface area (Å²) in [4.78, 5) is 33.7. The zero-order valence-corrected chi connectivity index (χ0v) is 12.3. The summed E-state index contributed by atoms with van der Waals surface area (Å²) in [5.41, 5.74) is 0.913. The number of ketones is 1. The molecule has 0 aromatic heterocycles. The summed E-state index contributed by atoms with van der Waals surface area (Å²) >= 11 is 0. The molecule has 0 aliphatic rings. The summed E-state index contributed by atoms with van der Waals surface area (Å²) in [6.07, 6.45) is 0. The Labute approximate surface area is 132 Å². The fraction of sp³-hybridized carbons (Fsp3) is 0.0588. The topological polar surface area (TPSA) is 86.5 Å². The van der Waals surface area contributed by atoms with Crippen LogP contribution in [0.4, 0.5) is 5.69 Å². The van der Waals surface area contributed by atoms with E-state index in [2.05, 4.69) is 6.58 Å². The molecule has 2 aromatic rings. The van der Waals surface area contributed by atoms with Gasteiger partial charge in [-0.25, -0.2) is 4.79 Å². The molecule has 0 bridgehead atoms. The van der Waals surface area contributed by atoms with E-state index in [0.29, 0.717) is 16.9 Å². The van der Waals surface area contributed by atoms with Crippen LogP contribution in [0.15, 0.2) is 60.7 Å². The third kappa shape index (κ3) is 3.88. The molecule has 6 heteroatoms. The second-order valence-corrected chi connectivity index (χ2v) is 4.83. The van der Waals surface area contributed by atoms with Gasteiger partial charge in [0, 0.05) is 28.8 Å². The molecular formula is C17H13NO5. The third-order valence-electron chi connectivity index (χ3n) is 3.02. The van der Waals surface area contributed by atoms with Crippen molar-refractivity contribution >= 4 is 17.4 Å². The van der Waals surface area contributed by atoms with Crippen molar-refractivity contribution < 1.29 is 19.2 Å². The Morgan fingerprint density at radius 3 is 1.91 bits per heavy atom. The number of nitrogens with zero attached hydrogens (tertiary/aromatic N) is 1. The Morgan fingerprint density at radius 2 is 1.48 bits per heavy atom. The maximum absolute atomic E-state index is 12.3. The van der Waals surface area contributed by atoms with Gasteiger partial charge in [0.2, 0.25) is 0 Å². The Balaban J connectivity index is 2.15. The number of benzene rings is 2. The molecule has 0 heterocycles. The summed E-state index contributed by atoms with van der Waals surface area (Å²) in [6, 6.07) is 11.4. The first kappa shape index (κ1) is 16.1. The van der Waals surface area contributed by atoms with Crippen molar-refractivity contribution in [2.45, 2.75) is 6.92 Å². The van der Waals surface area contributed by atoms with Crippen LogP contribution in [0, 0.1) is 10.1 Å². The number of ether oxygens (including phenoxy) is 1. The van der Waals surface area contributed by atoms with Gasteiger partial charge < -0.3 is 4.74 Å². The van der Waals surface area contributed by atoms with E-state index in [0.717, 1.165) is 0 Å². The van der Waals surface area contributed by atoms with Crippen molar-refractivity contribution in [3.05, 3.63) is 81.9 Å². The number of carbonyl (C=O) groups excluding carboxylic acids is 2. The van der Waals surface area contributed by atoms with Gasteiger partial charge in [-0.1, -0.05) is 6.58 Å². The molecule has 0 N–H and O–H groups in total. The van der Waals surface area contributed by atoms with Crippen molar-refractivity contribution in [3.8, 4) is 5.75 Å². The van der Waals surface area contributed by atoms with Crippen LogP contribution in [0.5, 0.6) is 5.75 Å². The number of non-ortho nitro benzene ring substituents is 1. The molecule has 116 valence electrons. The highest BCUT2D eigenvalue weighted by molar-refractivity contribution is 6.09. The van der Waals surface area contributed by atoms with Gasteiger partial charge in [0.05, 0.1) is 4.92 Å². The molecule has 2 aromatic carbocycles. The van der Waals surface area contributed by atoms with Crippen LogP contribution in [-0.4, -0.2) is 16.7 Å². The Morgan fingerprint density at radius 1 is 1.00 bits per heavy atom. The summed E-state index contributed by atoms with van der Waals surface area (Å²) < 4.78 is 5.03. The Bertz CT molecular complexity index is 776. The lowest BCUT2D eigenvalue weighted by Crippen LogP contribution is -2.08. The first-order valence-electron chi connectivity index (χ1n) is 6.65. The second-order valence-electron chi connectivity index (χ2n) is 4.83. The molecule has 23 heavy (non-hydrogen) atoms. The third-order valence-corrected chi connectivity index (χ3v) is 3.02. The molecule has 0 saturated carbocycles. The highest BCUT2D eigenvalue weighted by Gasteiger charge is 2.12. The summed E-state index contributed by atoms with van der Waals surface area (Å²) in [6.45, 7) is 5.02. The van der Waals surface area contributed by atoms with E-state index in [1.807, 2.05) is 0 Å². The summed E-state index contributed by atoms with van der Waals surface area (Å²) in [5.74, 6) is -0.518. The van der Waals surface area contributed by atoms with Crippen LogP contribution in [0.1, 0.15) is 22.8 Å². The van der Waals surface area contributed by atoms with E-state index in [9.17, 15) is 19.7 Å². The second kappa shape index (κ2) is 6.65. The molecule has 0 aliphatic heterocycles. The molecule has 0 unspecified atom stereocenters.